The molecule has 0 bridgehead atoms. The van der Waals surface area contributed by atoms with Crippen molar-refractivity contribution in [2.45, 2.75) is 45.3 Å². The van der Waals surface area contributed by atoms with E-state index in [0.717, 1.165) is 16.7 Å². The van der Waals surface area contributed by atoms with Crippen LogP contribution in [0.25, 0.3) is 0 Å². The van der Waals surface area contributed by atoms with Gasteiger partial charge < -0.3 is 10.1 Å². The number of carbonyl (C=O) groups is 1. The minimum Gasteiger partial charge on any atom is -0.381 e. The molecular formula is C14H19F3N2O2S. The van der Waals surface area contributed by atoms with Crippen molar-refractivity contribution in [1.82, 2.24) is 10.3 Å². The average molecular weight is 336 g/mol. The Morgan fingerprint density at radius 3 is 2.64 bits per heavy atom. The molecule has 2 rings (SSSR count). The molecule has 1 N–H and O–H groups in total. The highest BCUT2D eigenvalue weighted by atomic mass is 32.1. The van der Waals surface area contributed by atoms with Crippen LogP contribution in [0.15, 0.2) is 5.38 Å². The molecule has 0 radical (unpaired) electrons. The number of rotatable bonds is 4. The van der Waals surface area contributed by atoms with E-state index in [1.54, 1.807) is 0 Å². The fraction of sp³-hybridized carbons (Fsp3) is 0.714. The fourth-order valence-corrected chi connectivity index (χ4v) is 3.26. The predicted molar refractivity (Wildman–Crippen MR) is 76.5 cm³/mol. The van der Waals surface area contributed by atoms with E-state index < -0.39 is 23.3 Å². The maximum atomic E-state index is 12.6. The molecule has 2 heterocycles. The van der Waals surface area contributed by atoms with Crippen molar-refractivity contribution in [3.63, 3.8) is 0 Å². The second-order valence-electron chi connectivity index (χ2n) is 5.68. The lowest BCUT2D eigenvalue weighted by molar-refractivity contribution is -0.140. The lowest BCUT2D eigenvalue weighted by Crippen LogP contribution is -2.43. The Morgan fingerprint density at radius 2 is 2.14 bits per heavy atom. The zero-order chi connectivity index (χ0) is 16.4. The average Bonchev–Trinajstić information content (AvgIpc) is 2.95. The van der Waals surface area contributed by atoms with E-state index in [9.17, 15) is 18.0 Å². The molecule has 22 heavy (non-hydrogen) atoms. The maximum absolute atomic E-state index is 12.6. The van der Waals surface area contributed by atoms with E-state index in [1.165, 1.54) is 0 Å². The minimum atomic E-state index is -4.45. The van der Waals surface area contributed by atoms with Gasteiger partial charge in [0.2, 0.25) is 5.91 Å². The third-order valence-corrected chi connectivity index (χ3v) is 4.93. The van der Waals surface area contributed by atoms with Crippen LogP contribution in [0.3, 0.4) is 0 Å². The molecule has 1 fully saturated rings. The molecular weight excluding hydrogens is 317 g/mol. The second kappa shape index (κ2) is 6.54. The summed E-state index contributed by atoms with van der Waals surface area (Å²) < 4.78 is 43.1. The van der Waals surface area contributed by atoms with Gasteiger partial charge in [0.05, 0.1) is 11.5 Å². The summed E-state index contributed by atoms with van der Waals surface area (Å²) in [4.78, 5) is 16.1. The van der Waals surface area contributed by atoms with Crippen molar-refractivity contribution in [3.8, 4) is 0 Å². The molecule has 0 saturated carbocycles. The number of nitrogens with one attached hydrogen (secondary N) is 1. The number of ether oxygens (including phenoxy) is 1. The van der Waals surface area contributed by atoms with Crippen LogP contribution in [-0.4, -0.2) is 24.1 Å². The number of amides is 1. The third-order valence-electron chi connectivity index (χ3n) is 3.97. The standard InChI is InChI=1S/C14H19F3N2O2S/c1-3-9(11-19-10(8-22-11)14(15,16)17)18-12(20)13(2)4-6-21-7-5-13/h8-9H,3-7H2,1-2H3,(H,18,20)/t9-/m0/s1. The summed E-state index contributed by atoms with van der Waals surface area (Å²) in [6, 6.07) is -0.492. The highest BCUT2D eigenvalue weighted by molar-refractivity contribution is 7.09. The molecule has 1 atom stereocenters. The molecule has 8 heteroatoms. The molecule has 0 spiro atoms. The summed E-state index contributed by atoms with van der Waals surface area (Å²) in [5.41, 5.74) is -1.44. The molecule has 0 aromatic carbocycles. The zero-order valence-corrected chi connectivity index (χ0v) is 13.3. The first-order valence-electron chi connectivity index (χ1n) is 7.17. The van der Waals surface area contributed by atoms with Crippen molar-refractivity contribution in [2.75, 3.05) is 13.2 Å². The number of halogens is 3. The predicted octanol–water partition coefficient (Wildman–Crippen LogP) is 3.55. The van der Waals surface area contributed by atoms with Crippen molar-refractivity contribution in [2.24, 2.45) is 5.41 Å². The Labute approximate surface area is 131 Å². The van der Waals surface area contributed by atoms with Crippen molar-refractivity contribution >= 4 is 17.2 Å². The van der Waals surface area contributed by atoms with Gasteiger partial charge in [-0.15, -0.1) is 11.3 Å². The van der Waals surface area contributed by atoms with Gasteiger partial charge in [0, 0.05) is 18.6 Å². The Hall–Kier alpha value is -1.15. The fourth-order valence-electron chi connectivity index (χ4n) is 2.30. The van der Waals surface area contributed by atoms with E-state index in [0.29, 0.717) is 37.5 Å². The van der Waals surface area contributed by atoms with Gasteiger partial charge in [-0.3, -0.25) is 4.79 Å². The number of carbonyl (C=O) groups excluding carboxylic acids is 1. The van der Waals surface area contributed by atoms with Crippen LogP contribution in [0.2, 0.25) is 0 Å². The lowest BCUT2D eigenvalue weighted by Gasteiger charge is -2.33. The highest BCUT2D eigenvalue weighted by Crippen LogP contribution is 2.34. The van der Waals surface area contributed by atoms with Crippen LogP contribution in [0.4, 0.5) is 13.2 Å². The van der Waals surface area contributed by atoms with Gasteiger partial charge in [0.25, 0.3) is 0 Å². The SMILES string of the molecule is CC[C@H](NC(=O)C1(C)CCOCC1)c1nc(C(F)(F)F)cs1. The van der Waals surface area contributed by atoms with Crippen molar-refractivity contribution in [3.05, 3.63) is 16.1 Å². The summed E-state index contributed by atoms with van der Waals surface area (Å²) in [5.74, 6) is -0.147. The van der Waals surface area contributed by atoms with Gasteiger partial charge >= 0.3 is 6.18 Å². The normalized spacial score (nSPS) is 19.7. The van der Waals surface area contributed by atoms with Gasteiger partial charge in [0.15, 0.2) is 5.69 Å². The number of hydrogen-bond acceptors (Lipinski definition) is 4. The van der Waals surface area contributed by atoms with Gasteiger partial charge in [-0.2, -0.15) is 13.2 Å². The summed E-state index contributed by atoms with van der Waals surface area (Å²) >= 11 is 0.926. The van der Waals surface area contributed by atoms with E-state index >= 15 is 0 Å². The van der Waals surface area contributed by atoms with Crippen molar-refractivity contribution in [1.29, 1.82) is 0 Å². The van der Waals surface area contributed by atoms with Crippen LogP contribution >= 0.6 is 11.3 Å². The van der Waals surface area contributed by atoms with Crippen LogP contribution in [0, 0.1) is 5.41 Å². The van der Waals surface area contributed by atoms with Gasteiger partial charge in [-0.25, -0.2) is 4.98 Å². The summed E-state index contributed by atoms with van der Waals surface area (Å²) in [6.07, 6.45) is -2.74. The van der Waals surface area contributed by atoms with Gasteiger partial charge in [-0.05, 0) is 19.3 Å². The van der Waals surface area contributed by atoms with E-state index in [2.05, 4.69) is 10.3 Å². The Balaban J connectivity index is 2.08. The van der Waals surface area contributed by atoms with Crippen LogP contribution < -0.4 is 5.32 Å². The number of alkyl halides is 3. The molecule has 0 aliphatic carbocycles. The summed E-state index contributed by atoms with van der Waals surface area (Å²) in [5, 5.41) is 4.12. The molecule has 1 amide bonds. The third kappa shape index (κ3) is 3.78. The van der Waals surface area contributed by atoms with Crippen LogP contribution in [-0.2, 0) is 15.7 Å². The van der Waals surface area contributed by atoms with Crippen molar-refractivity contribution < 1.29 is 22.7 Å². The lowest BCUT2D eigenvalue weighted by atomic mass is 9.81. The van der Waals surface area contributed by atoms with Crippen LogP contribution in [0.1, 0.15) is 49.9 Å². The van der Waals surface area contributed by atoms with Gasteiger partial charge in [-0.1, -0.05) is 13.8 Å². The molecule has 1 aromatic heterocycles. The quantitative estimate of drug-likeness (QED) is 0.915. The first-order chi connectivity index (χ1) is 10.3. The molecule has 1 saturated heterocycles. The smallest absolute Gasteiger partial charge is 0.381 e. The van der Waals surface area contributed by atoms with E-state index in [-0.39, 0.29) is 5.91 Å². The molecule has 124 valence electrons. The number of nitrogens with zero attached hydrogens (tertiary/aromatic N) is 1. The largest absolute Gasteiger partial charge is 0.434 e. The first kappa shape index (κ1) is 17.2. The summed E-state index contributed by atoms with van der Waals surface area (Å²) in [6.45, 7) is 4.72. The number of aromatic nitrogens is 1. The maximum Gasteiger partial charge on any atom is 0.434 e. The topological polar surface area (TPSA) is 51.2 Å². The molecule has 1 aliphatic heterocycles. The Kier molecular flexibility index (Phi) is 5.11. The zero-order valence-electron chi connectivity index (χ0n) is 12.5. The van der Waals surface area contributed by atoms with Gasteiger partial charge in [0.1, 0.15) is 5.01 Å². The van der Waals surface area contributed by atoms with E-state index in [4.69, 9.17) is 4.74 Å². The highest BCUT2D eigenvalue weighted by Gasteiger charge is 2.37. The first-order valence-corrected chi connectivity index (χ1v) is 8.05. The minimum absolute atomic E-state index is 0.147. The Bertz CT molecular complexity index is 524. The molecule has 4 nitrogen and oxygen atoms in total. The number of thiazole rings is 1. The number of hydrogen-bond donors (Lipinski definition) is 1. The monoisotopic (exact) mass is 336 g/mol. The Morgan fingerprint density at radius 1 is 1.50 bits per heavy atom. The van der Waals surface area contributed by atoms with E-state index in [1.807, 2.05) is 13.8 Å². The summed E-state index contributed by atoms with van der Waals surface area (Å²) in [7, 11) is 0. The second-order valence-corrected chi connectivity index (χ2v) is 6.57. The molecule has 0 unspecified atom stereocenters. The van der Waals surface area contributed by atoms with Crippen LogP contribution in [0.5, 0.6) is 0 Å². The molecule has 1 aromatic rings. The molecule has 1 aliphatic rings.